The van der Waals surface area contributed by atoms with Crippen molar-refractivity contribution in [2.75, 3.05) is 0 Å². The number of rotatable bonds is 3. The van der Waals surface area contributed by atoms with Crippen molar-refractivity contribution in [2.24, 2.45) is 5.92 Å². The van der Waals surface area contributed by atoms with Crippen LogP contribution < -0.4 is 5.32 Å². The molecule has 15 heavy (non-hydrogen) atoms. The van der Waals surface area contributed by atoms with E-state index in [1.807, 2.05) is 6.92 Å². The Morgan fingerprint density at radius 1 is 1.33 bits per heavy atom. The molecule has 1 saturated carbocycles. The molecule has 1 amide bonds. The van der Waals surface area contributed by atoms with Gasteiger partial charge in [-0.25, -0.2) is 4.79 Å². The number of carbonyl (C=O) groups is 2. The molecule has 1 atom stereocenters. The highest BCUT2D eigenvalue weighted by atomic mass is 16.4. The molecule has 1 fully saturated rings. The van der Waals surface area contributed by atoms with E-state index in [0.717, 1.165) is 19.3 Å². The van der Waals surface area contributed by atoms with Gasteiger partial charge in [-0.3, -0.25) is 4.79 Å². The molecule has 0 aromatic carbocycles. The van der Waals surface area contributed by atoms with Crippen molar-refractivity contribution in [1.29, 1.82) is 0 Å². The summed E-state index contributed by atoms with van der Waals surface area (Å²) in [5.41, 5.74) is 0. The van der Waals surface area contributed by atoms with Crippen LogP contribution in [-0.4, -0.2) is 23.0 Å². The molecule has 86 valence electrons. The minimum atomic E-state index is -1.38. The maximum atomic E-state index is 11.0. The van der Waals surface area contributed by atoms with Gasteiger partial charge in [0.2, 0.25) is 0 Å². The summed E-state index contributed by atoms with van der Waals surface area (Å²) in [4.78, 5) is 21.5. The summed E-state index contributed by atoms with van der Waals surface area (Å²) in [6.45, 7) is 1.99. The van der Waals surface area contributed by atoms with Crippen molar-refractivity contribution >= 4 is 11.9 Å². The predicted molar refractivity (Wildman–Crippen MR) is 56.4 cm³/mol. The standard InChI is InChI=1S/C11H19NO3/c1-2-9(12-10(13)11(14)15)8-6-4-3-5-7-8/h8-9H,2-7H2,1H3,(H,12,13)(H,14,15). The average Bonchev–Trinajstić information content (AvgIpc) is 2.26. The van der Waals surface area contributed by atoms with Crippen molar-refractivity contribution in [3.63, 3.8) is 0 Å². The fourth-order valence-electron chi connectivity index (χ4n) is 2.32. The van der Waals surface area contributed by atoms with Crippen molar-refractivity contribution < 1.29 is 14.7 Å². The minimum Gasteiger partial charge on any atom is -0.474 e. The molecule has 1 rings (SSSR count). The lowest BCUT2D eigenvalue weighted by molar-refractivity contribution is -0.150. The number of nitrogens with one attached hydrogen (secondary N) is 1. The summed E-state index contributed by atoms with van der Waals surface area (Å²) in [5.74, 6) is -1.79. The molecule has 0 saturated heterocycles. The van der Waals surface area contributed by atoms with Crippen LogP contribution in [0.3, 0.4) is 0 Å². The number of carboxylic acids is 1. The van der Waals surface area contributed by atoms with E-state index in [4.69, 9.17) is 5.11 Å². The molecule has 0 heterocycles. The summed E-state index contributed by atoms with van der Waals surface area (Å²) in [6.07, 6.45) is 6.69. The number of carbonyl (C=O) groups excluding carboxylic acids is 1. The van der Waals surface area contributed by atoms with Crippen LogP contribution in [0.25, 0.3) is 0 Å². The SMILES string of the molecule is CCC(NC(=O)C(=O)O)C1CCCCC1. The van der Waals surface area contributed by atoms with Crippen molar-refractivity contribution in [1.82, 2.24) is 5.32 Å². The van der Waals surface area contributed by atoms with Crippen molar-refractivity contribution in [2.45, 2.75) is 51.5 Å². The van der Waals surface area contributed by atoms with E-state index in [2.05, 4.69) is 5.32 Å². The van der Waals surface area contributed by atoms with Crippen molar-refractivity contribution in [3.05, 3.63) is 0 Å². The Bertz CT molecular complexity index is 234. The molecule has 1 aliphatic rings. The third kappa shape index (κ3) is 3.53. The first kappa shape index (κ1) is 12.0. The van der Waals surface area contributed by atoms with E-state index in [-0.39, 0.29) is 6.04 Å². The van der Waals surface area contributed by atoms with Crippen molar-refractivity contribution in [3.8, 4) is 0 Å². The largest absolute Gasteiger partial charge is 0.474 e. The van der Waals surface area contributed by atoms with Gasteiger partial charge in [-0.15, -0.1) is 0 Å². The van der Waals surface area contributed by atoms with E-state index in [1.54, 1.807) is 0 Å². The first-order chi connectivity index (χ1) is 7.15. The summed E-state index contributed by atoms with van der Waals surface area (Å²) in [6, 6.07) is 0.0360. The lowest BCUT2D eigenvalue weighted by Gasteiger charge is -2.29. The molecule has 0 spiro atoms. The smallest absolute Gasteiger partial charge is 0.394 e. The zero-order chi connectivity index (χ0) is 11.3. The van der Waals surface area contributed by atoms with Crippen LogP contribution >= 0.6 is 0 Å². The van der Waals surface area contributed by atoms with Crippen LogP contribution in [0.2, 0.25) is 0 Å². The van der Waals surface area contributed by atoms with E-state index in [0.29, 0.717) is 5.92 Å². The third-order valence-corrected chi connectivity index (χ3v) is 3.17. The average molecular weight is 213 g/mol. The summed E-state index contributed by atoms with van der Waals surface area (Å²) in [5, 5.41) is 11.1. The topological polar surface area (TPSA) is 66.4 Å². The molecule has 0 aliphatic heterocycles. The molecule has 0 bridgehead atoms. The Kier molecular flexibility index (Phi) is 4.59. The molecular formula is C11H19NO3. The molecule has 4 heteroatoms. The monoisotopic (exact) mass is 213 g/mol. The van der Waals surface area contributed by atoms with E-state index < -0.39 is 11.9 Å². The van der Waals surface area contributed by atoms with Crippen LogP contribution in [0.4, 0.5) is 0 Å². The molecule has 1 unspecified atom stereocenters. The van der Waals surface area contributed by atoms with Crippen LogP contribution in [0.15, 0.2) is 0 Å². The summed E-state index contributed by atoms with van der Waals surface area (Å²) < 4.78 is 0. The van der Waals surface area contributed by atoms with Gasteiger partial charge >= 0.3 is 11.9 Å². The van der Waals surface area contributed by atoms with Gasteiger partial charge in [-0.1, -0.05) is 26.2 Å². The van der Waals surface area contributed by atoms with Gasteiger partial charge in [0.25, 0.3) is 0 Å². The van der Waals surface area contributed by atoms with E-state index in [9.17, 15) is 9.59 Å². The summed E-state index contributed by atoms with van der Waals surface area (Å²) in [7, 11) is 0. The van der Waals surface area contributed by atoms with Gasteiger partial charge in [0.15, 0.2) is 0 Å². The van der Waals surface area contributed by atoms with Crippen LogP contribution in [0.5, 0.6) is 0 Å². The fraction of sp³-hybridized carbons (Fsp3) is 0.818. The van der Waals surface area contributed by atoms with Gasteiger partial charge in [-0.05, 0) is 25.2 Å². The van der Waals surface area contributed by atoms with Gasteiger partial charge < -0.3 is 10.4 Å². The Labute approximate surface area is 90.0 Å². The predicted octanol–water partition coefficient (Wildman–Crippen LogP) is 1.55. The Hall–Kier alpha value is -1.06. The molecule has 4 nitrogen and oxygen atoms in total. The first-order valence-corrected chi connectivity index (χ1v) is 5.69. The Morgan fingerprint density at radius 2 is 1.93 bits per heavy atom. The second kappa shape index (κ2) is 5.73. The molecule has 1 aliphatic carbocycles. The van der Waals surface area contributed by atoms with Crippen LogP contribution in [0.1, 0.15) is 45.4 Å². The molecule has 2 N–H and O–H groups in total. The van der Waals surface area contributed by atoms with Gasteiger partial charge in [-0.2, -0.15) is 0 Å². The highest BCUT2D eigenvalue weighted by Crippen LogP contribution is 2.27. The van der Waals surface area contributed by atoms with Gasteiger partial charge in [0, 0.05) is 6.04 Å². The molecule has 0 radical (unpaired) electrons. The number of aliphatic carboxylic acids is 1. The minimum absolute atomic E-state index is 0.0360. The Balaban J connectivity index is 2.46. The lowest BCUT2D eigenvalue weighted by atomic mass is 9.83. The number of carboxylic acid groups (broad SMARTS) is 1. The number of amides is 1. The lowest BCUT2D eigenvalue weighted by Crippen LogP contribution is -2.43. The Morgan fingerprint density at radius 3 is 2.40 bits per heavy atom. The maximum Gasteiger partial charge on any atom is 0.394 e. The van der Waals surface area contributed by atoms with Gasteiger partial charge in [0.05, 0.1) is 0 Å². The quantitative estimate of drug-likeness (QED) is 0.699. The van der Waals surface area contributed by atoms with E-state index >= 15 is 0 Å². The maximum absolute atomic E-state index is 11.0. The fourth-order valence-corrected chi connectivity index (χ4v) is 2.32. The zero-order valence-corrected chi connectivity index (χ0v) is 9.16. The van der Waals surface area contributed by atoms with E-state index in [1.165, 1.54) is 19.3 Å². The highest BCUT2D eigenvalue weighted by Gasteiger charge is 2.25. The third-order valence-electron chi connectivity index (χ3n) is 3.17. The second-order valence-corrected chi connectivity index (χ2v) is 4.19. The molecule has 0 aromatic rings. The highest BCUT2D eigenvalue weighted by molar-refractivity contribution is 6.31. The molecular weight excluding hydrogens is 194 g/mol. The van der Waals surface area contributed by atoms with Gasteiger partial charge in [0.1, 0.15) is 0 Å². The summed E-state index contributed by atoms with van der Waals surface area (Å²) >= 11 is 0. The molecule has 0 aromatic heterocycles. The number of hydrogen-bond donors (Lipinski definition) is 2. The first-order valence-electron chi connectivity index (χ1n) is 5.69. The zero-order valence-electron chi connectivity index (χ0n) is 9.16. The second-order valence-electron chi connectivity index (χ2n) is 4.19. The van der Waals surface area contributed by atoms with Crippen LogP contribution in [0, 0.1) is 5.92 Å². The normalized spacial score (nSPS) is 19.5. The number of hydrogen-bond acceptors (Lipinski definition) is 2. The van der Waals surface area contributed by atoms with Crippen LogP contribution in [-0.2, 0) is 9.59 Å².